The topological polar surface area (TPSA) is 30.3 Å². The lowest BCUT2D eigenvalue weighted by Gasteiger charge is -2.21. The number of likely N-dealkylation sites (N-methyl/N-ethyl adjacent to an activating group) is 1. The minimum absolute atomic E-state index is 0.340. The second kappa shape index (κ2) is 7.20. The minimum Gasteiger partial charge on any atom is -0.373 e. The predicted molar refractivity (Wildman–Crippen MR) is 85.4 cm³/mol. The lowest BCUT2D eigenvalue weighted by Crippen LogP contribution is -2.22. The molecule has 0 bridgehead atoms. The molecule has 3 heterocycles. The first-order chi connectivity index (χ1) is 10.3. The van der Waals surface area contributed by atoms with E-state index in [9.17, 15) is 0 Å². The number of ether oxygens (including phenoxy) is 1. The van der Waals surface area contributed by atoms with Gasteiger partial charge in [0.15, 0.2) is 0 Å². The molecule has 114 valence electrons. The fraction of sp³-hybridized carbons (Fsp3) is 0.562. The van der Waals surface area contributed by atoms with E-state index >= 15 is 0 Å². The van der Waals surface area contributed by atoms with Crippen LogP contribution < -0.4 is 0 Å². The number of thiophene rings is 1. The number of hydrogen-bond acceptors (Lipinski definition) is 4. The third kappa shape index (κ3) is 4.15. The third-order valence-electron chi connectivity index (χ3n) is 3.88. The van der Waals surface area contributed by atoms with Gasteiger partial charge in [0.05, 0.1) is 12.6 Å². The van der Waals surface area contributed by atoms with Crippen LogP contribution in [0.15, 0.2) is 30.6 Å². The molecular weight excluding hydrogens is 282 g/mol. The van der Waals surface area contributed by atoms with Crippen LogP contribution >= 0.6 is 11.3 Å². The summed E-state index contributed by atoms with van der Waals surface area (Å²) in [7, 11) is 2.17. The van der Waals surface area contributed by atoms with E-state index in [-0.39, 0.29) is 0 Å². The average molecular weight is 305 g/mol. The molecule has 2 aromatic rings. The normalized spacial score (nSPS) is 19.2. The molecule has 0 spiro atoms. The molecule has 0 radical (unpaired) electrons. The Kier molecular flexibility index (Phi) is 5.06. The summed E-state index contributed by atoms with van der Waals surface area (Å²) in [6.07, 6.45) is 7.86. The van der Waals surface area contributed by atoms with Crippen molar-refractivity contribution in [3.8, 4) is 0 Å². The maximum absolute atomic E-state index is 5.86. The monoisotopic (exact) mass is 305 g/mol. The predicted octanol–water partition coefficient (Wildman–Crippen LogP) is 3.32. The Morgan fingerprint density at radius 1 is 1.43 bits per heavy atom. The summed E-state index contributed by atoms with van der Waals surface area (Å²) >= 11 is 1.90. The summed E-state index contributed by atoms with van der Waals surface area (Å²) in [5.41, 5.74) is 0. The van der Waals surface area contributed by atoms with Crippen molar-refractivity contribution in [1.82, 2.24) is 14.7 Å². The van der Waals surface area contributed by atoms with Crippen LogP contribution in [0.2, 0.25) is 0 Å². The van der Waals surface area contributed by atoms with Crippen molar-refractivity contribution < 1.29 is 4.74 Å². The number of nitrogens with zero attached hydrogens (tertiary/aromatic N) is 3. The highest BCUT2D eigenvalue weighted by Crippen LogP contribution is 2.32. The number of rotatable bonds is 6. The molecule has 1 saturated heterocycles. The van der Waals surface area contributed by atoms with E-state index in [1.807, 2.05) is 34.5 Å². The summed E-state index contributed by atoms with van der Waals surface area (Å²) in [5.74, 6) is 0. The molecule has 0 aliphatic carbocycles. The summed E-state index contributed by atoms with van der Waals surface area (Å²) < 4.78 is 7.84. The van der Waals surface area contributed by atoms with Crippen molar-refractivity contribution in [2.24, 2.45) is 0 Å². The van der Waals surface area contributed by atoms with Crippen LogP contribution in [-0.4, -0.2) is 34.9 Å². The molecule has 0 N–H and O–H groups in total. The number of aromatic nitrogens is 2. The van der Waals surface area contributed by atoms with E-state index in [4.69, 9.17) is 4.74 Å². The Balaban J connectivity index is 1.49. The zero-order chi connectivity index (χ0) is 14.5. The fourth-order valence-corrected chi connectivity index (χ4v) is 3.85. The van der Waals surface area contributed by atoms with Gasteiger partial charge in [-0.1, -0.05) is 0 Å². The van der Waals surface area contributed by atoms with Gasteiger partial charge in [0.2, 0.25) is 0 Å². The van der Waals surface area contributed by atoms with E-state index in [2.05, 4.69) is 29.2 Å². The van der Waals surface area contributed by atoms with Gasteiger partial charge in [-0.3, -0.25) is 9.58 Å². The molecule has 4 nitrogen and oxygen atoms in total. The molecule has 1 aliphatic heterocycles. The molecule has 1 atom stereocenters. The van der Waals surface area contributed by atoms with Crippen molar-refractivity contribution in [3.05, 3.63) is 40.3 Å². The van der Waals surface area contributed by atoms with Gasteiger partial charge in [-0.15, -0.1) is 11.3 Å². The SMILES string of the molecule is CN(CCn1cccn1)Cc1ccc([C@@H]2CCCCO2)s1. The van der Waals surface area contributed by atoms with E-state index in [1.54, 1.807) is 0 Å². The summed E-state index contributed by atoms with van der Waals surface area (Å²) in [5, 5.41) is 4.24. The summed E-state index contributed by atoms with van der Waals surface area (Å²) in [4.78, 5) is 5.16. The molecule has 5 heteroatoms. The van der Waals surface area contributed by atoms with E-state index in [0.717, 1.165) is 26.2 Å². The van der Waals surface area contributed by atoms with Crippen LogP contribution in [0.3, 0.4) is 0 Å². The van der Waals surface area contributed by atoms with Gasteiger partial charge in [0, 0.05) is 41.8 Å². The van der Waals surface area contributed by atoms with Crippen LogP contribution in [0, 0.1) is 0 Å². The molecule has 21 heavy (non-hydrogen) atoms. The average Bonchev–Trinajstić information content (AvgIpc) is 3.17. The molecule has 0 amide bonds. The Hall–Kier alpha value is -1.17. The van der Waals surface area contributed by atoms with Gasteiger partial charge in [-0.25, -0.2) is 0 Å². The first-order valence-electron chi connectivity index (χ1n) is 7.67. The van der Waals surface area contributed by atoms with Gasteiger partial charge in [-0.05, 0) is 44.5 Å². The first kappa shape index (κ1) is 14.8. The zero-order valence-corrected chi connectivity index (χ0v) is 13.4. The second-order valence-electron chi connectivity index (χ2n) is 5.67. The van der Waals surface area contributed by atoms with Crippen LogP contribution in [0.1, 0.15) is 35.1 Å². The van der Waals surface area contributed by atoms with Crippen LogP contribution in [-0.2, 0) is 17.8 Å². The molecule has 1 aliphatic rings. The highest BCUT2D eigenvalue weighted by Gasteiger charge is 2.18. The summed E-state index contributed by atoms with van der Waals surface area (Å²) in [6, 6.07) is 6.47. The second-order valence-corrected chi connectivity index (χ2v) is 6.87. The Morgan fingerprint density at radius 3 is 3.14 bits per heavy atom. The molecular formula is C16H23N3OS. The Bertz CT molecular complexity index is 531. The molecule has 0 saturated carbocycles. The zero-order valence-electron chi connectivity index (χ0n) is 12.6. The van der Waals surface area contributed by atoms with Crippen LogP contribution in [0.25, 0.3) is 0 Å². The van der Waals surface area contributed by atoms with Gasteiger partial charge < -0.3 is 4.74 Å². The van der Waals surface area contributed by atoms with Gasteiger partial charge in [0.25, 0.3) is 0 Å². The smallest absolute Gasteiger partial charge is 0.0916 e. The maximum atomic E-state index is 5.86. The van der Waals surface area contributed by atoms with Crippen molar-refractivity contribution in [2.75, 3.05) is 20.2 Å². The highest BCUT2D eigenvalue weighted by molar-refractivity contribution is 7.12. The Labute approximate surface area is 130 Å². The van der Waals surface area contributed by atoms with Crippen molar-refractivity contribution in [2.45, 2.75) is 38.5 Å². The summed E-state index contributed by atoms with van der Waals surface area (Å²) in [6.45, 7) is 3.86. The molecule has 2 aromatic heterocycles. The third-order valence-corrected chi connectivity index (χ3v) is 5.04. The first-order valence-corrected chi connectivity index (χ1v) is 8.49. The van der Waals surface area contributed by atoms with Crippen LogP contribution in [0.4, 0.5) is 0 Å². The lowest BCUT2D eigenvalue weighted by molar-refractivity contribution is 0.0172. The molecule has 0 aromatic carbocycles. The van der Waals surface area contributed by atoms with Gasteiger partial charge in [-0.2, -0.15) is 5.10 Å². The molecule has 0 unspecified atom stereocenters. The largest absolute Gasteiger partial charge is 0.373 e. The Morgan fingerprint density at radius 2 is 2.38 bits per heavy atom. The molecule has 3 rings (SSSR count). The van der Waals surface area contributed by atoms with Crippen molar-refractivity contribution in [1.29, 1.82) is 0 Å². The number of hydrogen-bond donors (Lipinski definition) is 0. The highest BCUT2D eigenvalue weighted by atomic mass is 32.1. The van der Waals surface area contributed by atoms with E-state index in [0.29, 0.717) is 6.10 Å². The van der Waals surface area contributed by atoms with Crippen molar-refractivity contribution >= 4 is 11.3 Å². The fourth-order valence-electron chi connectivity index (χ4n) is 2.67. The lowest BCUT2D eigenvalue weighted by atomic mass is 10.1. The van der Waals surface area contributed by atoms with Crippen molar-refractivity contribution in [3.63, 3.8) is 0 Å². The van der Waals surface area contributed by atoms with Gasteiger partial charge in [0.1, 0.15) is 0 Å². The minimum atomic E-state index is 0.340. The molecule has 1 fully saturated rings. The van der Waals surface area contributed by atoms with Crippen LogP contribution in [0.5, 0.6) is 0 Å². The quantitative estimate of drug-likeness (QED) is 0.820. The maximum Gasteiger partial charge on any atom is 0.0916 e. The van der Waals surface area contributed by atoms with Gasteiger partial charge >= 0.3 is 0 Å². The van der Waals surface area contributed by atoms with E-state index < -0.39 is 0 Å². The van der Waals surface area contributed by atoms with E-state index in [1.165, 1.54) is 29.0 Å². The standard InChI is InChI=1S/C16H23N3OS/c1-18(10-11-19-9-4-8-17-19)13-14-6-7-16(21-14)15-5-2-3-12-20-15/h4,6-9,15H,2-3,5,10-13H2,1H3/t15-/m0/s1.